The highest BCUT2D eigenvalue weighted by Crippen LogP contribution is 2.33. The zero-order valence-corrected chi connectivity index (χ0v) is 10.4. The van der Waals surface area contributed by atoms with Gasteiger partial charge in [-0.25, -0.2) is 0 Å². The third kappa shape index (κ3) is 1.76. The van der Waals surface area contributed by atoms with Crippen molar-refractivity contribution in [3.05, 3.63) is 40.4 Å². The number of anilines is 1. The number of aryl methyl sites for hydroxylation is 1. The Kier molecular flexibility index (Phi) is 3.03. The lowest BCUT2D eigenvalue weighted by Crippen LogP contribution is -2.30. The highest BCUT2D eigenvalue weighted by atomic mass is 35.5. The van der Waals surface area contributed by atoms with Gasteiger partial charge in [-0.3, -0.25) is 9.59 Å². The molecule has 3 nitrogen and oxygen atoms in total. The van der Waals surface area contributed by atoms with Crippen LogP contribution < -0.4 is 4.90 Å². The number of nitrogens with zero attached hydrogens (tertiary/aromatic N) is 1. The summed E-state index contributed by atoms with van der Waals surface area (Å²) in [5.41, 5.74) is 4.58. The molecular formula is C13H12ClNO2. The fourth-order valence-electron chi connectivity index (χ4n) is 1.99. The van der Waals surface area contributed by atoms with Gasteiger partial charge in [0.15, 0.2) is 0 Å². The van der Waals surface area contributed by atoms with E-state index in [2.05, 4.69) is 0 Å². The first-order valence-electron chi connectivity index (χ1n) is 5.29. The first-order chi connectivity index (χ1) is 8.07. The van der Waals surface area contributed by atoms with Gasteiger partial charge in [-0.2, -0.15) is 0 Å². The average Bonchev–Trinajstić information content (AvgIpc) is 2.56. The number of carbonyl (C=O) groups excluding carboxylic acids is 2. The molecule has 0 atom stereocenters. The Hall–Kier alpha value is -1.61. The van der Waals surface area contributed by atoms with E-state index in [4.69, 9.17) is 11.6 Å². The third-order valence-corrected chi connectivity index (χ3v) is 3.21. The maximum Gasteiger partial charge on any atom is 0.299 e. The highest BCUT2D eigenvalue weighted by Gasteiger charge is 2.36. The Morgan fingerprint density at radius 3 is 2.65 bits per heavy atom. The van der Waals surface area contributed by atoms with Gasteiger partial charge in [0.25, 0.3) is 11.7 Å². The summed E-state index contributed by atoms with van der Waals surface area (Å²) < 4.78 is 0. The van der Waals surface area contributed by atoms with Crippen LogP contribution in [-0.2, 0) is 4.79 Å². The fourth-order valence-corrected chi connectivity index (χ4v) is 2.07. The van der Waals surface area contributed by atoms with Gasteiger partial charge in [0.1, 0.15) is 0 Å². The molecule has 2 rings (SSSR count). The molecule has 0 unspecified atom stereocenters. The molecule has 0 aromatic heterocycles. The minimum atomic E-state index is -0.483. The molecule has 4 heteroatoms. The van der Waals surface area contributed by atoms with Crippen LogP contribution >= 0.6 is 11.6 Å². The van der Waals surface area contributed by atoms with Gasteiger partial charge >= 0.3 is 0 Å². The number of halogens is 1. The molecule has 0 saturated heterocycles. The van der Waals surface area contributed by atoms with E-state index in [1.807, 2.05) is 19.9 Å². The molecule has 88 valence electrons. The maximum atomic E-state index is 11.8. The van der Waals surface area contributed by atoms with E-state index in [0.29, 0.717) is 12.1 Å². The van der Waals surface area contributed by atoms with Crippen molar-refractivity contribution in [1.29, 1.82) is 0 Å². The predicted octanol–water partition coefficient (Wildman–Crippen LogP) is 2.59. The molecule has 17 heavy (non-hydrogen) atoms. The second-order valence-corrected chi connectivity index (χ2v) is 4.26. The maximum absolute atomic E-state index is 11.8. The standard InChI is InChI=1S/C13H12ClNO2/c1-8-4-5-10-11(9(8)2)15(7-3-6-14)13(17)12(10)16/h3-6H,7H2,1-2H3/b6-3+. The molecule has 0 radical (unpaired) electrons. The van der Waals surface area contributed by atoms with Gasteiger partial charge in [0.05, 0.1) is 11.3 Å². The molecule has 1 heterocycles. The van der Waals surface area contributed by atoms with Gasteiger partial charge in [0, 0.05) is 12.1 Å². The van der Waals surface area contributed by atoms with Gasteiger partial charge < -0.3 is 4.90 Å². The number of Topliss-reactive ketones (excluding diaryl/α,β-unsaturated/α-hetero) is 1. The first kappa shape index (κ1) is 11.9. The van der Waals surface area contributed by atoms with Crippen LogP contribution in [0.1, 0.15) is 21.5 Å². The van der Waals surface area contributed by atoms with E-state index < -0.39 is 11.7 Å². The quantitative estimate of drug-likeness (QED) is 0.756. The molecule has 1 aliphatic heterocycles. The van der Waals surface area contributed by atoms with Crippen LogP contribution in [0.4, 0.5) is 5.69 Å². The number of rotatable bonds is 2. The Bertz CT molecular complexity index is 534. The number of hydrogen-bond donors (Lipinski definition) is 0. The largest absolute Gasteiger partial charge is 0.301 e. The topological polar surface area (TPSA) is 37.4 Å². The molecule has 1 amide bonds. The smallest absolute Gasteiger partial charge is 0.299 e. The SMILES string of the molecule is Cc1ccc2c(c1C)N(C/C=C/Cl)C(=O)C2=O. The van der Waals surface area contributed by atoms with E-state index in [1.165, 1.54) is 10.4 Å². The van der Waals surface area contributed by atoms with Gasteiger partial charge in [-0.1, -0.05) is 23.7 Å². The van der Waals surface area contributed by atoms with Crippen molar-refractivity contribution in [2.24, 2.45) is 0 Å². The molecule has 0 spiro atoms. The monoisotopic (exact) mass is 249 g/mol. The second kappa shape index (κ2) is 4.34. The molecular weight excluding hydrogens is 238 g/mol. The summed E-state index contributed by atoms with van der Waals surface area (Å²) in [6, 6.07) is 3.57. The molecule has 0 bridgehead atoms. The number of carbonyl (C=O) groups is 2. The molecule has 1 aromatic rings. The second-order valence-electron chi connectivity index (χ2n) is 4.01. The molecule has 0 aliphatic carbocycles. The van der Waals surface area contributed by atoms with E-state index in [0.717, 1.165) is 16.8 Å². The fraction of sp³-hybridized carbons (Fsp3) is 0.231. The summed E-state index contributed by atoms with van der Waals surface area (Å²) in [5, 5.41) is 0. The predicted molar refractivity (Wildman–Crippen MR) is 67.6 cm³/mol. The summed E-state index contributed by atoms with van der Waals surface area (Å²) in [5.74, 6) is -0.922. The van der Waals surface area contributed by atoms with E-state index in [9.17, 15) is 9.59 Å². The van der Waals surface area contributed by atoms with Gasteiger partial charge in [-0.15, -0.1) is 0 Å². The summed E-state index contributed by atoms with van der Waals surface area (Å²) in [4.78, 5) is 25.1. The Balaban J connectivity index is 2.57. The molecule has 0 N–H and O–H groups in total. The van der Waals surface area contributed by atoms with Crippen molar-refractivity contribution < 1.29 is 9.59 Å². The van der Waals surface area contributed by atoms with Crippen LogP contribution in [0.2, 0.25) is 0 Å². The van der Waals surface area contributed by atoms with E-state index in [1.54, 1.807) is 12.1 Å². The number of amides is 1. The number of ketones is 1. The molecule has 0 fully saturated rings. The summed E-state index contributed by atoms with van der Waals surface area (Å²) >= 11 is 5.46. The lowest BCUT2D eigenvalue weighted by Gasteiger charge is -2.17. The average molecular weight is 250 g/mol. The Labute approximate surface area is 105 Å². The highest BCUT2D eigenvalue weighted by molar-refractivity contribution is 6.52. The van der Waals surface area contributed by atoms with Crippen molar-refractivity contribution in [3.8, 4) is 0 Å². The lowest BCUT2D eigenvalue weighted by molar-refractivity contribution is -0.114. The zero-order valence-electron chi connectivity index (χ0n) is 9.66. The Morgan fingerprint density at radius 2 is 2.00 bits per heavy atom. The van der Waals surface area contributed by atoms with Crippen molar-refractivity contribution in [2.45, 2.75) is 13.8 Å². The Morgan fingerprint density at radius 1 is 1.29 bits per heavy atom. The van der Waals surface area contributed by atoms with Crippen LogP contribution in [0.3, 0.4) is 0 Å². The molecule has 1 aromatic carbocycles. The van der Waals surface area contributed by atoms with Gasteiger partial charge in [0.2, 0.25) is 0 Å². The molecule has 0 saturated carbocycles. The van der Waals surface area contributed by atoms with Crippen LogP contribution in [0.5, 0.6) is 0 Å². The van der Waals surface area contributed by atoms with Crippen molar-refractivity contribution in [2.75, 3.05) is 11.4 Å². The molecule has 1 aliphatic rings. The van der Waals surface area contributed by atoms with Crippen molar-refractivity contribution >= 4 is 29.0 Å². The summed E-state index contributed by atoms with van der Waals surface area (Å²) in [6.07, 6.45) is 1.64. The van der Waals surface area contributed by atoms with Crippen LogP contribution in [-0.4, -0.2) is 18.2 Å². The first-order valence-corrected chi connectivity index (χ1v) is 5.73. The van der Waals surface area contributed by atoms with Crippen molar-refractivity contribution in [3.63, 3.8) is 0 Å². The number of fused-ring (bicyclic) bond motifs is 1. The van der Waals surface area contributed by atoms with E-state index in [-0.39, 0.29) is 0 Å². The minimum Gasteiger partial charge on any atom is -0.301 e. The third-order valence-electron chi connectivity index (χ3n) is 3.03. The van der Waals surface area contributed by atoms with Crippen molar-refractivity contribution in [1.82, 2.24) is 0 Å². The minimum absolute atomic E-state index is 0.325. The van der Waals surface area contributed by atoms with Crippen LogP contribution in [0, 0.1) is 13.8 Å². The van der Waals surface area contributed by atoms with Gasteiger partial charge in [-0.05, 0) is 31.0 Å². The lowest BCUT2D eigenvalue weighted by atomic mass is 10.0. The zero-order chi connectivity index (χ0) is 12.6. The van der Waals surface area contributed by atoms with Crippen LogP contribution in [0.25, 0.3) is 0 Å². The van der Waals surface area contributed by atoms with Crippen LogP contribution in [0.15, 0.2) is 23.7 Å². The normalized spacial score (nSPS) is 14.9. The summed E-state index contributed by atoms with van der Waals surface area (Å²) in [7, 11) is 0. The number of benzene rings is 1. The van der Waals surface area contributed by atoms with E-state index >= 15 is 0 Å². The number of hydrogen-bond acceptors (Lipinski definition) is 2. The summed E-state index contributed by atoms with van der Waals surface area (Å²) in [6.45, 7) is 4.20.